The summed E-state index contributed by atoms with van der Waals surface area (Å²) in [5.74, 6) is 0.842. The number of hydrogen-bond donors (Lipinski definition) is 0. The lowest BCUT2D eigenvalue weighted by Crippen LogP contribution is -2.42. The maximum atomic E-state index is 5.73. The number of hydrogen-bond acceptors (Lipinski definition) is 3. The minimum absolute atomic E-state index is 0.842. The molecule has 5 heteroatoms. The van der Waals surface area contributed by atoms with Crippen LogP contribution >= 0.6 is 11.6 Å². The van der Waals surface area contributed by atoms with Gasteiger partial charge in [-0.3, -0.25) is 0 Å². The smallest absolute Gasteiger partial charge is 0.377 e. The SMILES string of the molecule is CO[Si](CCCCCCCCCCCCCCCCCCCCCCCCCCCCCCCCCCl)(OC)OC. The summed E-state index contributed by atoms with van der Waals surface area (Å²) in [6, 6.07) is 0.939. The molecule has 0 heterocycles. The third-order valence-electron chi connectivity index (χ3n) is 9.05. The van der Waals surface area contributed by atoms with E-state index < -0.39 is 8.80 Å². The first-order chi connectivity index (χ1) is 20.2. The summed E-state index contributed by atoms with van der Waals surface area (Å²) in [5, 5.41) is 0. The molecule has 0 aromatic carbocycles. The zero-order chi connectivity index (χ0) is 30.0. The molecule has 0 N–H and O–H groups in total. The fraction of sp³-hybridized carbons (Fsp3) is 1.00. The predicted molar refractivity (Wildman–Crippen MR) is 185 cm³/mol. The molecule has 0 unspecified atom stereocenters. The molecule has 0 atom stereocenters. The van der Waals surface area contributed by atoms with Crippen molar-refractivity contribution in [3.63, 3.8) is 0 Å². The second-order valence-corrected chi connectivity index (χ2v) is 16.2. The second-order valence-electron chi connectivity index (χ2n) is 12.7. The normalized spacial score (nSPS) is 12.0. The molecular formula is C36H75ClO3Si. The highest BCUT2D eigenvalue weighted by Gasteiger charge is 2.36. The van der Waals surface area contributed by atoms with Gasteiger partial charge in [0, 0.05) is 33.3 Å². The van der Waals surface area contributed by atoms with Crippen molar-refractivity contribution in [2.45, 2.75) is 205 Å². The maximum absolute atomic E-state index is 5.73. The monoisotopic (exact) mass is 619 g/mol. The Balaban J connectivity index is 3.12. The second kappa shape index (κ2) is 34.9. The summed E-state index contributed by atoms with van der Waals surface area (Å²) in [5.41, 5.74) is 0. The molecule has 0 aromatic heterocycles. The third kappa shape index (κ3) is 30.2. The fourth-order valence-corrected chi connectivity index (χ4v) is 8.10. The molecule has 41 heavy (non-hydrogen) atoms. The van der Waals surface area contributed by atoms with Crippen LogP contribution in [0, 0.1) is 0 Å². The molecule has 0 aliphatic heterocycles. The molecule has 0 aliphatic rings. The summed E-state index contributed by atoms with van der Waals surface area (Å²) in [6.45, 7) is 0. The van der Waals surface area contributed by atoms with Crippen LogP contribution in [0.1, 0.15) is 199 Å². The van der Waals surface area contributed by atoms with Gasteiger partial charge in [0.15, 0.2) is 0 Å². The van der Waals surface area contributed by atoms with Crippen molar-refractivity contribution in [2.75, 3.05) is 27.2 Å². The summed E-state index contributed by atoms with van der Waals surface area (Å²) in [4.78, 5) is 0. The van der Waals surface area contributed by atoms with Gasteiger partial charge in [0.25, 0.3) is 0 Å². The van der Waals surface area contributed by atoms with E-state index in [9.17, 15) is 0 Å². The van der Waals surface area contributed by atoms with E-state index in [0.29, 0.717) is 0 Å². The topological polar surface area (TPSA) is 27.7 Å². The average Bonchev–Trinajstić information content (AvgIpc) is 3.00. The highest BCUT2D eigenvalue weighted by molar-refractivity contribution is 6.60. The van der Waals surface area contributed by atoms with Crippen LogP contribution in [-0.2, 0) is 13.3 Å². The number of rotatable bonds is 36. The predicted octanol–water partition coefficient (Wildman–Crippen LogP) is 13.2. The molecule has 0 spiro atoms. The van der Waals surface area contributed by atoms with E-state index >= 15 is 0 Å². The van der Waals surface area contributed by atoms with Gasteiger partial charge in [0.2, 0.25) is 0 Å². The van der Waals surface area contributed by atoms with E-state index in [4.69, 9.17) is 24.9 Å². The first-order valence-corrected chi connectivity index (χ1v) is 20.9. The van der Waals surface area contributed by atoms with E-state index in [0.717, 1.165) is 18.3 Å². The standard InChI is InChI=1S/C36H75ClO3Si/c1-38-41(39-2,40-3)36-34-32-30-28-26-24-22-20-18-16-14-12-10-8-6-4-5-7-9-11-13-15-17-19-21-23-25-27-29-31-33-35-37/h4-36H2,1-3H3. The lowest BCUT2D eigenvalue weighted by Gasteiger charge is -2.24. The van der Waals surface area contributed by atoms with Crippen molar-refractivity contribution < 1.29 is 13.3 Å². The largest absolute Gasteiger partial charge is 0.500 e. The van der Waals surface area contributed by atoms with Gasteiger partial charge < -0.3 is 13.3 Å². The molecule has 0 saturated carbocycles. The first-order valence-electron chi connectivity index (χ1n) is 18.5. The molecule has 0 aliphatic carbocycles. The molecule has 0 amide bonds. The Labute approximate surface area is 265 Å². The van der Waals surface area contributed by atoms with Crippen LogP contribution in [-0.4, -0.2) is 36.0 Å². The summed E-state index contributed by atoms with van der Waals surface area (Å²) in [6.07, 6.45) is 44.0. The number of alkyl halides is 1. The van der Waals surface area contributed by atoms with Crippen LogP contribution in [0.15, 0.2) is 0 Å². The highest BCUT2D eigenvalue weighted by atomic mass is 35.5. The van der Waals surface area contributed by atoms with Crippen molar-refractivity contribution in [3.8, 4) is 0 Å². The van der Waals surface area contributed by atoms with Gasteiger partial charge in [0.05, 0.1) is 0 Å². The van der Waals surface area contributed by atoms with E-state index in [1.165, 1.54) is 193 Å². The van der Waals surface area contributed by atoms with Crippen molar-refractivity contribution in [1.82, 2.24) is 0 Å². The first kappa shape index (κ1) is 41.4. The Morgan fingerprint density at radius 2 is 0.463 bits per heavy atom. The quantitative estimate of drug-likeness (QED) is 0.0397. The van der Waals surface area contributed by atoms with Crippen molar-refractivity contribution in [3.05, 3.63) is 0 Å². The number of unbranched alkanes of at least 4 members (excludes halogenated alkanes) is 30. The summed E-state index contributed by atoms with van der Waals surface area (Å²) >= 11 is 5.73. The Morgan fingerprint density at radius 1 is 0.293 bits per heavy atom. The summed E-state index contributed by atoms with van der Waals surface area (Å²) < 4.78 is 16.5. The zero-order valence-electron chi connectivity index (χ0n) is 28.4. The van der Waals surface area contributed by atoms with Gasteiger partial charge in [-0.05, 0) is 12.8 Å². The molecular weight excluding hydrogens is 544 g/mol. The molecule has 248 valence electrons. The summed E-state index contributed by atoms with van der Waals surface area (Å²) in [7, 11) is 2.78. The molecule has 3 nitrogen and oxygen atoms in total. The van der Waals surface area contributed by atoms with Crippen LogP contribution < -0.4 is 0 Å². The van der Waals surface area contributed by atoms with Crippen molar-refractivity contribution in [2.24, 2.45) is 0 Å². The molecule has 0 aromatic rings. The van der Waals surface area contributed by atoms with Crippen LogP contribution in [0.2, 0.25) is 6.04 Å². The Kier molecular flexibility index (Phi) is 35.2. The van der Waals surface area contributed by atoms with E-state index in [-0.39, 0.29) is 0 Å². The average molecular weight is 620 g/mol. The van der Waals surface area contributed by atoms with Gasteiger partial charge in [-0.2, -0.15) is 0 Å². The van der Waals surface area contributed by atoms with Crippen LogP contribution in [0.4, 0.5) is 0 Å². The maximum Gasteiger partial charge on any atom is 0.500 e. The Bertz CT molecular complexity index is 467. The van der Waals surface area contributed by atoms with Gasteiger partial charge in [0.1, 0.15) is 0 Å². The van der Waals surface area contributed by atoms with Gasteiger partial charge >= 0.3 is 8.80 Å². The van der Waals surface area contributed by atoms with Crippen LogP contribution in [0.3, 0.4) is 0 Å². The van der Waals surface area contributed by atoms with Crippen LogP contribution in [0.25, 0.3) is 0 Å². The minimum atomic E-state index is -2.34. The number of halogens is 1. The molecule has 0 rings (SSSR count). The van der Waals surface area contributed by atoms with Gasteiger partial charge in [-0.25, -0.2) is 0 Å². The van der Waals surface area contributed by atoms with Gasteiger partial charge in [-0.15, -0.1) is 11.6 Å². The fourth-order valence-electron chi connectivity index (χ4n) is 6.12. The third-order valence-corrected chi connectivity index (χ3v) is 12.1. The zero-order valence-corrected chi connectivity index (χ0v) is 30.2. The van der Waals surface area contributed by atoms with E-state index in [1.807, 2.05) is 0 Å². The van der Waals surface area contributed by atoms with Crippen LogP contribution in [0.5, 0.6) is 0 Å². The van der Waals surface area contributed by atoms with E-state index in [1.54, 1.807) is 21.3 Å². The highest BCUT2D eigenvalue weighted by Crippen LogP contribution is 2.19. The Hall–Kier alpha value is 0.387. The lowest BCUT2D eigenvalue weighted by atomic mass is 10.0. The molecule has 0 radical (unpaired) electrons. The molecule has 0 fully saturated rings. The Morgan fingerprint density at radius 3 is 0.634 bits per heavy atom. The van der Waals surface area contributed by atoms with Gasteiger partial charge in [-0.1, -0.05) is 186 Å². The molecule has 0 saturated heterocycles. The minimum Gasteiger partial charge on any atom is -0.377 e. The lowest BCUT2D eigenvalue weighted by molar-refractivity contribution is 0.122. The molecule has 0 bridgehead atoms. The van der Waals surface area contributed by atoms with E-state index in [2.05, 4.69) is 0 Å². The van der Waals surface area contributed by atoms with Crippen molar-refractivity contribution in [1.29, 1.82) is 0 Å². The van der Waals surface area contributed by atoms with Crippen molar-refractivity contribution >= 4 is 20.4 Å².